The molecule has 0 bridgehead atoms. The van der Waals surface area contributed by atoms with Crippen LogP contribution in [0.5, 0.6) is 0 Å². The fraction of sp³-hybridized carbons (Fsp3) is 1.00. The lowest BCUT2D eigenvalue weighted by atomic mass is 9.85. The van der Waals surface area contributed by atoms with Gasteiger partial charge >= 0.3 is 0 Å². The van der Waals surface area contributed by atoms with Gasteiger partial charge in [-0.2, -0.15) is 0 Å². The zero-order chi connectivity index (χ0) is 10.9. The first-order chi connectivity index (χ1) is 7.38. The van der Waals surface area contributed by atoms with Gasteiger partial charge in [-0.1, -0.05) is 26.2 Å². The second-order valence-corrected chi connectivity index (χ2v) is 4.26. The van der Waals surface area contributed by atoms with E-state index in [1.165, 1.54) is 32.1 Å². The standard InChI is InChI=1S/C12H25NO2/c1-2-11-5-3-4-6-12(11)15-10-9-14-8-7-13/h11-12H,2-10,13H2,1H3. The SMILES string of the molecule is CCC1CCCCC1OCCOCCN. The molecule has 0 spiro atoms. The maximum Gasteiger partial charge on any atom is 0.0704 e. The highest BCUT2D eigenvalue weighted by atomic mass is 16.5. The third-order valence-corrected chi connectivity index (χ3v) is 3.19. The molecule has 0 amide bonds. The molecule has 2 unspecified atom stereocenters. The monoisotopic (exact) mass is 215 g/mol. The molecule has 0 radical (unpaired) electrons. The summed E-state index contributed by atoms with van der Waals surface area (Å²) in [6.45, 7) is 4.91. The average Bonchev–Trinajstić information content (AvgIpc) is 2.29. The molecule has 0 saturated heterocycles. The van der Waals surface area contributed by atoms with E-state index in [9.17, 15) is 0 Å². The third-order valence-electron chi connectivity index (χ3n) is 3.19. The van der Waals surface area contributed by atoms with Crippen LogP contribution < -0.4 is 5.73 Å². The fourth-order valence-electron chi connectivity index (χ4n) is 2.30. The Morgan fingerprint density at radius 1 is 1.13 bits per heavy atom. The Kier molecular flexibility index (Phi) is 6.98. The van der Waals surface area contributed by atoms with Crippen LogP contribution in [0.25, 0.3) is 0 Å². The van der Waals surface area contributed by atoms with Crippen molar-refractivity contribution in [2.24, 2.45) is 11.7 Å². The molecule has 0 aromatic heterocycles. The Morgan fingerprint density at radius 3 is 2.67 bits per heavy atom. The number of hydrogen-bond donors (Lipinski definition) is 1. The average molecular weight is 215 g/mol. The van der Waals surface area contributed by atoms with E-state index in [1.54, 1.807) is 0 Å². The van der Waals surface area contributed by atoms with Crippen LogP contribution in [-0.2, 0) is 9.47 Å². The molecule has 1 aliphatic carbocycles. The van der Waals surface area contributed by atoms with Gasteiger partial charge in [-0.3, -0.25) is 0 Å². The predicted molar refractivity (Wildman–Crippen MR) is 61.9 cm³/mol. The lowest BCUT2D eigenvalue weighted by Crippen LogP contribution is -2.28. The first-order valence-electron chi connectivity index (χ1n) is 6.28. The fourth-order valence-corrected chi connectivity index (χ4v) is 2.30. The molecule has 1 saturated carbocycles. The summed E-state index contributed by atoms with van der Waals surface area (Å²) in [6.07, 6.45) is 6.99. The Bertz CT molecular complexity index is 153. The first-order valence-corrected chi connectivity index (χ1v) is 6.28. The quantitative estimate of drug-likeness (QED) is 0.660. The van der Waals surface area contributed by atoms with E-state index in [4.69, 9.17) is 15.2 Å². The molecule has 3 nitrogen and oxygen atoms in total. The summed E-state index contributed by atoms with van der Waals surface area (Å²) in [5.74, 6) is 0.772. The highest BCUT2D eigenvalue weighted by Gasteiger charge is 2.23. The first kappa shape index (κ1) is 12.9. The van der Waals surface area contributed by atoms with Crippen molar-refractivity contribution in [3.63, 3.8) is 0 Å². The summed E-state index contributed by atoms with van der Waals surface area (Å²) in [6, 6.07) is 0. The van der Waals surface area contributed by atoms with Crippen molar-refractivity contribution < 1.29 is 9.47 Å². The predicted octanol–water partition coefficient (Wildman–Crippen LogP) is 1.95. The summed E-state index contributed by atoms with van der Waals surface area (Å²) in [7, 11) is 0. The molecule has 90 valence electrons. The molecular weight excluding hydrogens is 190 g/mol. The second kappa shape index (κ2) is 8.08. The number of hydrogen-bond acceptors (Lipinski definition) is 3. The van der Waals surface area contributed by atoms with Crippen molar-refractivity contribution in [1.29, 1.82) is 0 Å². The third kappa shape index (κ3) is 4.96. The topological polar surface area (TPSA) is 44.5 Å². The van der Waals surface area contributed by atoms with Crippen LogP contribution >= 0.6 is 0 Å². The molecule has 2 atom stereocenters. The van der Waals surface area contributed by atoms with E-state index in [-0.39, 0.29) is 0 Å². The van der Waals surface area contributed by atoms with Gasteiger partial charge in [-0.15, -0.1) is 0 Å². The number of nitrogens with two attached hydrogens (primary N) is 1. The lowest BCUT2D eigenvalue weighted by molar-refractivity contribution is -0.0374. The van der Waals surface area contributed by atoms with Crippen LogP contribution in [0.2, 0.25) is 0 Å². The van der Waals surface area contributed by atoms with Gasteiger partial charge in [-0.25, -0.2) is 0 Å². The molecule has 0 aromatic rings. The van der Waals surface area contributed by atoms with Crippen LogP contribution in [0.1, 0.15) is 39.0 Å². The Morgan fingerprint density at radius 2 is 1.93 bits per heavy atom. The summed E-state index contributed by atoms with van der Waals surface area (Å²) < 4.78 is 11.2. The van der Waals surface area contributed by atoms with Crippen molar-refractivity contribution in [3.8, 4) is 0 Å². The molecular formula is C12H25NO2. The van der Waals surface area contributed by atoms with Gasteiger partial charge in [0.1, 0.15) is 0 Å². The Labute approximate surface area is 93.3 Å². The highest BCUT2D eigenvalue weighted by Crippen LogP contribution is 2.28. The van der Waals surface area contributed by atoms with Crippen molar-refractivity contribution in [2.75, 3.05) is 26.4 Å². The van der Waals surface area contributed by atoms with Crippen LogP contribution in [0.4, 0.5) is 0 Å². The van der Waals surface area contributed by atoms with E-state index in [2.05, 4.69) is 6.92 Å². The van der Waals surface area contributed by atoms with E-state index >= 15 is 0 Å². The van der Waals surface area contributed by atoms with Crippen LogP contribution in [0.15, 0.2) is 0 Å². The molecule has 0 aliphatic heterocycles. The molecule has 1 rings (SSSR count). The van der Waals surface area contributed by atoms with Gasteiger partial charge in [0, 0.05) is 6.54 Å². The van der Waals surface area contributed by atoms with Crippen molar-refractivity contribution in [2.45, 2.75) is 45.1 Å². The van der Waals surface area contributed by atoms with Crippen molar-refractivity contribution >= 4 is 0 Å². The molecule has 0 aromatic carbocycles. The largest absolute Gasteiger partial charge is 0.378 e. The van der Waals surface area contributed by atoms with Crippen LogP contribution in [0, 0.1) is 5.92 Å². The van der Waals surface area contributed by atoms with Crippen LogP contribution in [0.3, 0.4) is 0 Å². The normalized spacial score (nSPS) is 26.8. The minimum atomic E-state index is 0.477. The smallest absolute Gasteiger partial charge is 0.0704 e. The van der Waals surface area contributed by atoms with Gasteiger partial charge < -0.3 is 15.2 Å². The molecule has 1 aliphatic rings. The highest BCUT2D eigenvalue weighted by molar-refractivity contribution is 4.74. The summed E-state index contributed by atoms with van der Waals surface area (Å²) in [4.78, 5) is 0. The van der Waals surface area contributed by atoms with Gasteiger partial charge in [0.15, 0.2) is 0 Å². The maximum atomic E-state index is 5.87. The molecule has 15 heavy (non-hydrogen) atoms. The van der Waals surface area contributed by atoms with Gasteiger partial charge in [0.25, 0.3) is 0 Å². The molecule has 2 N–H and O–H groups in total. The number of rotatable bonds is 7. The minimum Gasteiger partial charge on any atom is -0.378 e. The second-order valence-electron chi connectivity index (χ2n) is 4.26. The van der Waals surface area contributed by atoms with Gasteiger partial charge in [-0.05, 0) is 18.8 Å². The van der Waals surface area contributed by atoms with Gasteiger partial charge in [0.05, 0.1) is 25.9 Å². The molecule has 1 fully saturated rings. The Balaban J connectivity index is 2.07. The van der Waals surface area contributed by atoms with E-state index in [0.29, 0.717) is 25.9 Å². The van der Waals surface area contributed by atoms with Crippen LogP contribution in [-0.4, -0.2) is 32.5 Å². The van der Waals surface area contributed by atoms with Gasteiger partial charge in [0.2, 0.25) is 0 Å². The van der Waals surface area contributed by atoms with Crippen molar-refractivity contribution in [1.82, 2.24) is 0 Å². The zero-order valence-corrected chi connectivity index (χ0v) is 9.91. The summed E-state index contributed by atoms with van der Waals surface area (Å²) in [5.41, 5.74) is 5.33. The molecule has 0 heterocycles. The zero-order valence-electron chi connectivity index (χ0n) is 9.91. The maximum absolute atomic E-state index is 5.87. The molecule has 3 heteroatoms. The summed E-state index contributed by atoms with van der Waals surface area (Å²) in [5, 5.41) is 0. The van der Waals surface area contributed by atoms with E-state index < -0.39 is 0 Å². The lowest BCUT2D eigenvalue weighted by Gasteiger charge is -2.30. The van der Waals surface area contributed by atoms with Crippen molar-refractivity contribution in [3.05, 3.63) is 0 Å². The Hall–Kier alpha value is -0.120. The summed E-state index contributed by atoms with van der Waals surface area (Å²) >= 11 is 0. The van der Waals surface area contributed by atoms with E-state index in [1.807, 2.05) is 0 Å². The minimum absolute atomic E-state index is 0.477. The number of ether oxygens (including phenoxy) is 2. The van der Waals surface area contributed by atoms with E-state index in [0.717, 1.165) is 12.5 Å².